The van der Waals surface area contributed by atoms with E-state index in [1.165, 1.54) is 10.5 Å². The van der Waals surface area contributed by atoms with Gasteiger partial charge in [-0.25, -0.2) is 9.69 Å². The van der Waals surface area contributed by atoms with Crippen molar-refractivity contribution >= 4 is 11.9 Å². The van der Waals surface area contributed by atoms with Crippen molar-refractivity contribution in [2.75, 3.05) is 13.2 Å². The molecule has 1 N–H and O–H groups in total. The summed E-state index contributed by atoms with van der Waals surface area (Å²) in [4.78, 5) is 29.1. The molecule has 2 aliphatic heterocycles. The number of amides is 3. The predicted molar refractivity (Wildman–Crippen MR) is 91.2 cm³/mol. The Morgan fingerprint density at radius 2 is 1.79 bits per heavy atom. The van der Waals surface area contributed by atoms with Crippen molar-refractivity contribution < 1.29 is 9.59 Å². The summed E-state index contributed by atoms with van der Waals surface area (Å²) in [5.41, 5.74) is 0.659. The maximum atomic E-state index is 12.9. The number of likely N-dealkylation sites (tertiary alicyclic amines) is 1. The summed E-state index contributed by atoms with van der Waals surface area (Å²) in [6.45, 7) is 1.34. The maximum absolute atomic E-state index is 12.9. The summed E-state index contributed by atoms with van der Waals surface area (Å²) in [6.07, 6.45) is 6.97. The standard InChI is InChI=1S/C19H25N3O2/c23-17-19(11-5-2-6-12-19)20-18(24)22(17)14-21-13-7-10-16(21)15-8-3-1-4-9-15/h1,3-4,8-9,16H,2,5-7,10-14H2,(H,20,24). The van der Waals surface area contributed by atoms with Gasteiger partial charge in [0.1, 0.15) is 5.54 Å². The molecule has 1 saturated carbocycles. The molecule has 1 aromatic rings. The second-order valence-corrected chi connectivity index (χ2v) is 7.33. The van der Waals surface area contributed by atoms with E-state index in [1.807, 2.05) is 6.07 Å². The summed E-state index contributed by atoms with van der Waals surface area (Å²) < 4.78 is 0. The molecule has 5 nitrogen and oxygen atoms in total. The number of nitrogens with one attached hydrogen (secondary N) is 1. The van der Waals surface area contributed by atoms with Gasteiger partial charge in [0.2, 0.25) is 0 Å². The summed E-state index contributed by atoms with van der Waals surface area (Å²) in [5.74, 6) is -0.00842. The van der Waals surface area contributed by atoms with Gasteiger partial charge in [0.05, 0.1) is 6.67 Å². The zero-order valence-corrected chi connectivity index (χ0v) is 14.0. The maximum Gasteiger partial charge on any atom is 0.326 e. The number of carbonyl (C=O) groups excluding carboxylic acids is 2. The highest BCUT2D eigenvalue weighted by Crippen LogP contribution is 2.36. The molecule has 3 amide bonds. The van der Waals surface area contributed by atoms with Crippen molar-refractivity contribution in [3.8, 4) is 0 Å². The Bertz CT molecular complexity index is 625. The average Bonchev–Trinajstić information content (AvgIpc) is 3.16. The van der Waals surface area contributed by atoms with Crippen LogP contribution in [0.5, 0.6) is 0 Å². The van der Waals surface area contributed by atoms with E-state index in [2.05, 4.69) is 34.5 Å². The summed E-state index contributed by atoms with van der Waals surface area (Å²) in [7, 11) is 0. The van der Waals surface area contributed by atoms with Gasteiger partial charge in [-0.2, -0.15) is 0 Å². The molecular formula is C19H25N3O2. The minimum atomic E-state index is -0.614. The first-order valence-corrected chi connectivity index (χ1v) is 9.13. The molecule has 0 radical (unpaired) electrons. The molecule has 4 rings (SSSR count). The number of nitrogens with zero attached hydrogens (tertiary/aromatic N) is 2. The molecular weight excluding hydrogens is 302 g/mol. The molecule has 2 heterocycles. The number of hydrogen-bond acceptors (Lipinski definition) is 3. The van der Waals surface area contributed by atoms with Crippen molar-refractivity contribution in [1.82, 2.24) is 15.1 Å². The molecule has 5 heteroatoms. The van der Waals surface area contributed by atoms with E-state index >= 15 is 0 Å². The quantitative estimate of drug-likeness (QED) is 0.868. The Balaban J connectivity index is 1.50. The Labute approximate surface area is 143 Å². The van der Waals surface area contributed by atoms with E-state index in [-0.39, 0.29) is 11.9 Å². The molecule has 2 saturated heterocycles. The fourth-order valence-electron chi connectivity index (χ4n) is 4.53. The van der Waals surface area contributed by atoms with E-state index in [9.17, 15) is 9.59 Å². The first-order valence-electron chi connectivity index (χ1n) is 9.13. The number of hydrogen-bond donors (Lipinski definition) is 1. The minimum absolute atomic E-state index is 0.00842. The van der Waals surface area contributed by atoms with Crippen LogP contribution in [0.25, 0.3) is 0 Å². The third-order valence-electron chi connectivity index (χ3n) is 5.82. The Kier molecular flexibility index (Phi) is 4.04. The summed E-state index contributed by atoms with van der Waals surface area (Å²) >= 11 is 0. The normalized spacial score (nSPS) is 27.0. The lowest BCUT2D eigenvalue weighted by atomic mass is 9.82. The zero-order valence-electron chi connectivity index (χ0n) is 14.0. The molecule has 1 atom stereocenters. The Morgan fingerprint density at radius 1 is 1.04 bits per heavy atom. The van der Waals surface area contributed by atoms with E-state index in [0.29, 0.717) is 12.7 Å². The SMILES string of the molecule is O=C1NC2(CCCCC2)C(=O)N1CN1CCCC1c1ccccc1. The van der Waals surface area contributed by atoms with Crippen LogP contribution in [-0.2, 0) is 4.79 Å². The van der Waals surface area contributed by atoms with E-state index in [4.69, 9.17) is 0 Å². The van der Waals surface area contributed by atoms with Crippen molar-refractivity contribution in [2.45, 2.75) is 56.5 Å². The van der Waals surface area contributed by atoms with E-state index < -0.39 is 5.54 Å². The Morgan fingerprint density at radius 3 is 2.54 bits per heavy atom. The molecule has 0 aromatic heterocycles. The lowest BCUT2D eigenvalue weighted by molar-refractivity contribution is -0.134. The van der Waals surface area contributed by atoms with Crippen molar-refractivity contribution in [2.24, 2.45) is 0 Å². The molecule has 128 valence electrons. The molecule has 1 spiro atoms. The van der Waals surface area contributed by atoms with Crippen LogP contribution in [0.4, 0.5) is 4.79 Å². The number of rotatable bonds is 3. The molecule has 3 aliphatic rings. The molecule has 1 aromatic carbocycles. The molecule has 1 unspecified atom stereocenters. The lowest BCUT2D eigenvalue weighted by Crippen LogP contribution is -2.49. The number of urea groups is 1. The van der Waals surface area contributed by atoms with Crippen LogP contribution in [0.2, 0.25) is 0 Å². The van der Waals surface area contributed by atoms with Crippen LogP contribution >= 0.6 is 0 Å². The first-order chi connectivity index (χ1) is 11.7. The fraction of sp³-hybridized carbons (Fsp3) is 0.579. The van der Waals surface area contributed by atoms with Gasteiger partial charge in [-0.3, -0.25) is 9.69 Å². The van der Waals surface area contributed by atoms with Gasteiger partial charge in [0.15, 0.2) is 0 Å². The molecule has 1 aliphatic carbocycles. The van der Waals surface area contributed by atoms with Crippen LogP contribution in [0.15, 0.2) is 30.3 Å². The largest absolute Gasteiger partial charge is 0.326 e. The van der Waals surface area contributed by atoms with Crippen LogP contribution in [0.3, 0.4) is 0 Å². The van der Waals surface area contributed by atoms with Gasteiger partial charge in [-0.1, -0.05) is 49.6 Å². The van der Waals surface area contributed by atoms with Crippen LogP contribution in [0, 0.1) is 0 Å². The number of imide groups is 1. The topological polar surface area (TPSA) is 52.7 Å². The third kappa shape index (κ3) is 2.61. The second kappa shape index (κ2) is 6.20. The zero-order chi connectivity index (χ0) is 16.6. The molecule has 3 fully saturated rings. The number of benzene rings is 1. The highest BCUT2D eigenvalue weighted by molar-refractivity contribution is 6.07. The van der Waals surface area contributed by atoms with Crippen molar-refractivity contribution in [3.63, 3.8) is 0 Å². The van der Waals surface area contributed by atoms with Crippen LogP contribution < -0.4 is 5.32 Å². The van der Waals surface area contributed by atoms with Crippen LogP contribution in [0.1, 0.15) is 56.6 Å². The minimum Gasteiger partial charge on any atom is -0.323 e. The van der Waals surface area contributed by atoms with Gasteiger partial charge in [0, 0.05) is 12.6 Å². The van der Waals surface area contributed by atoms with E-state index in [0.717, 1.165) is 51.5 Å². The summed E-state index contributed by atoms with van der Waals surface area (Å²) in [6, 6.07) is 10.5. The highest BCUT2D eigenvalue weighted by atomic mass is 16.2. The lowest BCUT2D eigenvalue weighted by Gasteiger charge is -2.32. The van der Waals surface area contributed by atoms with Gasteiger partial charge < -0.3 is 5.32 Å². The van der Waals surface area contributed by atoms with Gasteiger partial charge >= 0.3 is 6.03 Å². The van der Waals surface area contributed by atoms with Gasteiger partial charge in [-0.05, 0) is 31.2 Å². The molecule has 24 heavy (non-hydrogen) atoms. The Hall–Kier alpha value is -1.88. The third-order valence-corrected chi connectivity index (χ3v) is 5.82. The van der Waals surface area contributed by atoms with Crippen molar-refractivity contribution in [3.05, 3.63) is 35.9 Å². The van der Waals surface area contributed by atoms with Gasteiger partial charge in [-0.15, -0.1) is 0 Å². The average molecular weight is 327 g/mol. The van der Waals surface area contributed by atoms with Crippen molar-refractivity contribution in [1.29, 1.82) is 0 Å². The summed E-state index contributed by atoms with van der Waals surface area (Å²) in [5, 5.41) is 3.01. The monoisotopic (exact) mass is 327 g/mol. The van der Waals surface area contributed by atoms with E-state index in [1.54, 1.807) is 0 Å². The fourth-order valence-corrected chi connectivity index (χ4v) is 4.53. The second-order valence-electron chi connectivity index (χ2n) is 7.33. The molecule has 0 bridgehead atoms. The first kappa shape index (κ1) is 15.6. The van der Waals surface area contributed by atoms with Gasteiger partial charge in [0.25, 0.3) is 5.91 Å². The van der Waals surface area contributed by atoms with Crippen LogP contribution in [-0.4, -0.2) is 40.5 Å². The smallest absolute Gasteiger partial charge is 0.323 e. The number of carbonyl (C=O) groups is 2. The predicted octanol–water partition coefficient (Wildman–Crippen LogP) is 3.04. The highest BCUT2D eigenvalue weighted by Gasteiger charge is 2.51.